The lowest BCUT2D eigenvalue weighted by Crippen LogP contribution is -2.30. The largest absolute Gasteiger partial charge is 0.490 e. The van der Waals surface area contributed by atoms with Crippen molar-refractivity contribution in [2.24, 2.45) is 0 Å². The number of carbonyl (C=O) groups excluding carboxylic acids is 1. The predicted octanol–water partition coefficient (Wildman–Crippen LogP) is 0.207. The Morgan fingerprint density at radius 2 is 2.12 bits per heavy atom. The average Bonchev–Trinajstić information content (AvgIpc) is 2.92. The molecule has 0 fully saturated rings. The topological polar surface area (TPSA) is 118 Å². The molecule has 0 radical (unpaired) electrons. The molecule has 0 saturated carbocycles. The smallest absolute Gasteiger partial charge is 0.467 e. The van der Waals surface area contributed by atoms with Crippen LogP contribution in [0, 0.1) is 0 Å². The van der Waals surface area contributed by atoms with Crippen molar-refractivity contribution in [3.05, 3.63) is 18.0 Å². The van der Waals surface area contributed by atoms with Gasteiger partial charge in [-0.25, -0.2) is 9.78 Å². The average molecular weight is 351 g/mol. The molecule has 0 aliphatic rings. The van der Waals surface area contributed by atoms with Gasteiger partial charge in [0, 0.05) is 31.7 Å². The van der Waals surface area contributed by atoms with E-state index in [1.54, 1.807) is 0 Å². The van der Waals surface area contributed by atoms with E-state index in [4.69, 9.17) is 9.47 Å². The lowest BCUT2D eigenvalue weighted by molar-refractivity contribution is -0.154. The first-order chi connectivity index (χ1) is 11.2. The van der Waals surface area contributed by atoms with Gasteiger partial charge in [0.25, 0.3) is 0 Å². The third kappa shape index (κ3) is 4.41. The van der Waals surface area contributed by atoms with Crippen LogP contribution in [-0.4, -0.2) is 60.1 Å². The van der Waals surface area contributed by atoms with Crippen LogP contribution in [0.3, 0.4) is 0 Å². The molecule has 2 rings (SSSR count). The standard InChI is InChI=1S/C14H22BN3O5Si/c1-22-14(19)12(23-5-6-24(2,3)4)11-10-7-9(15(20)21)8-16-13(10)18-17-11/h7-8,12,20-21H,5-6H2,1-4H3,(H,16,17,18). The summed E-state index contributed by atoms with van der Waals surface area (Å²) in [6.45, 7) is 7.07. The van der Waals surface area contributed by atoms with Gasteiger partial charge in [0.05, 0.1) is 12.8 Å². The van der Waals surface area contributed by atoms with Gasteiger partial charge in [0.2, 0.25) is 0 Å². The molecule has 3 N–H and O–H groups in total. The number of aromatic amines is 1. The molecule has 2 heterocycles. The molecule has 0 amide bonds. The zero-order valence-electron chi connectivity index (χ0n) is 14.2. The highest BCUT2D eigenvalue weighted by molar-refractivity contribution is 6.76. The van der Waals surface area contributed by atoms with Gasteiger partial charge in [-0.05, 0) is 12.1 Å². The summed E-state index contributed by atoms with van der Waals surface area (Å²) in [6.07, 6.45) is 0.348. The number of aromatic nitrogens is 3. The lowest BCUT2D eigenvalue weighted by Gasteiger charge is -2.19. The number of carbonyl (C=O) groups is 1. The van der Waals surface area contributed by atoms with Crippen molar-refractivity contribution in [3.8, 4) is 0 Å². The van der Waals surface area contributed by atoms with Crippen molar-refractivity contribution in [2.45, 2.75) is 31.8 Å². The molecule has 0 saturated heterocycles. The second-order valence-corrected chi connectivity index (χ2v) is 12.4. The van der Waals surface area contributed by atoms with Crippen molar-refractivity contribution in [1.29, 1.82) is 0 Å². The summed E-state index contributed by atoms with van der Waals surface area (Å²) in [7, 11) is -1.68. The van der Waals surface area contributed by atoms with Crippen LogP contribution >= 0.6 is 0 Å². The number of hydrogen-bond donors (Lipinski definition) is 3. The van der Waals surface area contributed by atoms with Crippen LogP contribution < -0.4 is 5.46 Å². The summed E-state index contributed by atoms with van der Waals surface area (Å²) >= 11 is 0. The van der Waals surface area contributed by atoms with Crippen molar-refractivity contribution < 1.29 is 24.3 Å². The fourth-order valence-electron chi connectivity index (χ4n) is 2.13. The number of fused-ring (bicyclic) bond motifs is 1. The summed E-state index contributed by atoms with van der Waals surface area (Å²) in [4.78, 5) is 16.2. The van der Waals surface area contributed by atoms with E-state index in [-0.39, 0.29) is 5.46 Å². The van der Waals surface area contributed by atoms with Gasteiger partial charge in [0.1, 0.15) is 0 Å². The molecule has 0 aromatic carbocycles. The minimum absolute atomic E-state index is 0.205. The Bertz CT molecular complexity index is 716. The molecule has 1 atom stereocenters. The minimum Gasteiger partial charge on any atom is -0.467 e. The van der Waals surface area contributed by atoms with E-state index in [2.05, 4.69) is 34.8 Å². The second kappa shape index (κ2) is 7.43. The zero-order valence-corrected chi connectivity index (χ0v) is 15.2. The highest BCUT2D eigenvalue weighted by Crippen LogP contribution is 2.25. The predicted molar refractivity (Wildman–Crippen MR) is 92.6 cm³/mol. The summed E-state index contributed by atoms with van der Waals surface area (Å²) in [6, 6.07) is 2.41. The van der Waals surface area contributed by atoms with Crippen LogP contribution in [0.1, 0.15) is 11.8 Å². The first kappa shape index (κ1) is 18.6. The molecular formula is C14H22BN3O5Si. The SMILES string of the molecule is COC(=O)C(OCC[Si](C)(C)C)c1[nH]nc2ncc(B(O)O)cc12. The molecule has 0 bridgehead atoms. The molecule has 8 nitrogen and oxygen atoms in total. The lowest BCUT2D eigenvalue weighted by atomic mass is 9.81. The van der Waals surface area contributed by atoms with Crippen molar-refractivity contribution in [3.63, 3.8) is 0 Å². The van der Waals surface area contributed by atoms with Crippen molar-refractivity contribution in [1.82, 2.24) is 15.2 Å². The molecule has 1 unspecified atom stereocenters. The quantitative estimate of drug-likeness (QED) is 0.482. The van der Waals surface area contributed by atoms with Gasteiger partial charge < -0.3 is 19.5 Å². The Balaban J connectivity index is 2.33. The monoisotopic (exact) mass is 351 g/mol. The van der Waals surface area contributed by atoms with Gasteiger partial charge in [0.15, 0.2) is 11.8 Å². The number of rotatable bonds is 7. The minimum atomic E-state index is -1.66. The number of nitrogens with one attached hydrogen (secondary N) is 1. The van der Waals surface area contributed by atoms with E-state index in [1.165, 1.54) is 19.4 Å². The molecule has 0 aliphatic heterocycles. The number of methoxy groups -OCH3 is 1. The fourth-order valence-corrected chi connectivity index (χ4v) is 2.86. The maximum Gasteiger partial charge on any atom is 0.490 e. The van der Waals surface area contributed by atoms with Crippen LogP contribution in [0.4, 0.5) is 0 Å². The Hall–Kier alpha value is -1.75. The number of pyridine rings is 1. The first-order valence-corrected chi connectivity index (χ1v) is 11.3. The van der Waals surface area contributed by atoms with Crippen LogP contribution in [0.5, 0.6) is 0 Å². The number of nitrogens with zero attached hydrogens (tertiary/aromatic N) is 2. The Labute approximate surface area is 141 Å². The highest BCUT2D eigenvalue weighted by Gasteiger charge is 2.28. The molecule has 24 heavy (non-hydrogen) atoms. The highest BCUT2D eigenvalue weighted by atomic mass is 28.3. The van der Waals surface area contributed by atoms with Gasteiger partial charge in [-0.1, -0.05) is 19.6 Å². The number of H-pyrrole nitrogens is 1. The van der Waals surface area contributed by atoms with E-state index in [1.807, 2.05) is 0 Å². The van der Waals surface area contributed by atoms with E-state index in [0.29, 0.717) is 23.3 Å². The van der Waals surface area contributed by atoms with Gasteiger partial charge in [-0.2, -0.15) is 5.10 Å². The Morgan fingerprint density at radius 1 is 1.42 bits per heavy atom. The van der Waals surface area contributed by atoms with E-state index >= 15 is 0 Å². The third-order valence-electron chi connectivity index (χ3n) is 3.57. The van der Waals surface area contributed by atoms with Crippen LogP contribution in [0.15, 0.2) is 12.3 Å². The maximum atomic E-state index is 12.1. The van der Waals surface area contributed by atoms with Crippen LogP contribution in [-0.2, 0) is 14.3 Å². The fraction of sp³-hybridized carbons (Fsp3) is 0.500. The maximum absolute atomic E-state index is 12.1. The summed E-state index contributed by atoms with van der Waals surface area (Å²) in [5.74, 6) is -0.550. The number of hydrogen-bond acceptors (Lipinski definition) is 7. The molecule has 0 spiro atoms. The van der Waals surface area contributed by atoms with Crippen molar-refractivity contribution in [2.75, 3.05) is 13.7 Å². The first-order valence-electron chi connectivity index (χ1n) is 7.62. The number of ether oxygens (including phenoxy) is 2. The zero-order chi connectivity index (χ0) is 17.9. The van der Waals surface area contributed by atoms with Crippen molar-refractivity contribution >= 4 is 37.7 Å². The molecule has 2 aromatic rings. The molecule has 10 heteroatoms. The van der Waals surface area contributed by atoms with Crippen LogP contribution in [0.25, 0.3) is 11.0 Å². The van der Waals surface area contributed by atoms with Gasteiger partial charge >= 0.3 is 13.1 Å². The van der Waals surface area contributed by atoms with E-state index in [0.717, 1.165) is 6.04 Å². The molecule has 130 valence electrons. The normalized spacial score (nSPS) is 13.1. The molecular weight excluding hydrogens is 329 g/mol. The summed E-state index contributed by atoms with van der Waals surface area (Å²) < 4.78 is 10.6. The van der Waals surface area contributed by atoms with Gasteiger partial charge in [-0.3, -0.25) is 5.10 Å². The second-order valence-electron chi connectivity index (χ2n) is 6.74. The van der Waals surface area contributed by atoms with Crippen LogP contribution in [0.2, 0.25) is 25.7 Å². The third-order valence-corrected chi connectivity index (χ3v) is 5.28. The van der Waals surface area contributed by atoms with E-state index in [9.17, 15) is 14.8 Å². The summed E-state index contributed by atoms with van der Waals surface area (Å²) in [5.41, 5.74) is 0.954. The Morgan fingerprint density at radius 3 is 2.71 bits per heavy atom. The summed E-state index contributed by atoms with van der Waals surface area (Å²) in [5, 5.41) is 25.9. The molecule has 0 aliphatic carbocycles. The van der Waals surface area contributed by atoms with E-state index < -0.39 is 27.3 Å². The molecule has 2 aromatic heterocycles. The Kier molecular flexibility index (Phi) is 5.75. The number of esters is 1. The van der Waals surface area contributed by atoms with Gasteiger partial charge in [-0.15, -0.1) is 0 Å².